The Kier molecular flexibility index (Phi) is 4.77. The van der Waals surface area contributed by atoms with E-state index in [1.807, 2.05) is 0 Å². The number of ether oxygens (including phenoxy) is 1. The summed E-state index contributed by atoms with van der Waals surface area (Å²) in [5, 5.41) is 0. The number of carbonyl (C=O) groups is 2. The zero-order chi connectivity index (χ0) is 12.1. The molecule has 1 rings (SSSR count). The Hall–Kier alpha value is -1.06. The predicted octanol–water partition coefficient (Wildman–Crippen LogP) is 1.44. The standard InChI is InChI=1S/C12H21NO3/c1-4-16-12(15)5-6-13-8-10(9(2)3)7-11(13)14/h9-10H,4-8H2,1-3H3. The third-order valence-electron chi connectivity index (χ3n) is 3.08. The van der Waals surface area contributed by atoms with Crippen molar-refractivity contribution < 1.29 is 14.3 Å². The average molecular weight is 227 g/mol. The maximum Gasteiger partial charge on any atom is 0.307 e. The van der Waals surface area contributed by atoms with Gasteiger partial charge in [0.25, 0.3) is 0 Å². The second kappa shape index (κ2) is 5.87. The van der Waals surface area contributed by atoms with Crippen molar-refractivity contribution in [1.82, 2.24) is 4.90 Å². The molecule has 92 valence electrons. The highest BCUT2D eigenvalue weighted by atomic mass is 16.5. The number of carbonyl (C=O) groups excluding carboxylic acids is 2. The van der Waals surface area contributed by atoms with Crippen LogP contribution in [-0.2, 0) is 14.3 Å². The molecule has 0 spiro atoms. The summed E-state index contributed by atoms with van der Waals surface area (Å²) in [6, 6.07) is 0. The molecule has 1 aliphatic rings. The first kappa shape index (κ1) is 13.0. The minimum atomic E-state index is -0.219. The molecule has 1 saturated heterocycles. The van der Waals surface area contributed by atoms with Crippen LogP contribution >= 0.6 is 0 Å². The summed E-state index contributed by atoms with van der Waals surface area (Å²) in [5.74, 6) is 0.914. The molecule has 1 aliphatic heterocycles. The average Bonchev–Trinajstić information content (AvgIpc) is 2.58. The molecule has 0 aromatic carbocycles. The molecule has 16 heavy (non-hydrogen) atoms. The first-order valence-electron chi connectivity index (χ1n) is 5.98. The van der Waals surface area contributed by atoms with Gasteiger partial charge in [0.15, 0.2) is 0 Å². The number of likely N-dealkylation sites (tertiary alicyclic amines) is 1. The first-order chi connectivity index (χ1) is 7.54. The van der Waals surface area contributed by atoms with Crippen LogP contribution < -0.4 is 0 Å². The number of esters is 1. The van der Waals surface area contributed by atoms with Crippen LogP contribution in [0, 0.1) is 11.8 Å². The van der Waals surface area contributed by atoms with E-state index in [-0.39, 0.29) is 11.9 Å². The highest BCUT2D eigenvalue weighted by Crippen LogP contribution is 2.24. The van der Waals surface area contributed by atoms with Gasteiger partial charge in [-0.1, -0.05) is 13.8 Å². The summed E-state index contributed by atoms with van der Waals surface area (Å²) in [4.78, 5) is 24.6. The third kappa shape index (κ3) is 3.51. The molecule has 4 nitrogen and oxygen atoms in total. The van der Waals surface area contributed by atoms with Crippen molar-refractivity contribution >= 4 is 11.9 Å². The molecule has 1 heterocycles. The Morgan fingerprint density at radius 2 is 2.25 bits per heavy atom. The number of amides is 1. The smallest absolute Gasteiger partial charge is 0.307 e. The molecule has 0 saturated carbocycles. The normalized spacial score (nSPS) is 20.6. The second-order valence-electron chi connectivity index (χ2n) is 4.60. The third-order valence-corrected chi connectivity index (χ3v) is 3.08. The molecule has 1 unspecified atom stereocenters. The minimum absolute atomic E-state index is 0.169. The van der Waals surface area contributed by atoms with Gasteiger partial charge in [0.1, 0.15) is 0 Å². The van der Waals surface area contributed by atoms with Crippen molar-refractivity contribution in [1.29, 1.82) is 0 Å². The van der Waals surface area contributed by atoms with Gasteiger partial charge in [0.05, 0.1) is 13.0 Å². The van der Waals surface area contributed by atoms with Crippen LogP contribution in [0.1, 0.15) is 33.6 Å². The predicted molar refractivity (Wildman–Crippen MR) is 60.8 cm³/mol. The van der Waals surface area contributed by atoms with Crippen LogP contribution in [-0.4, -0.2) is 36.5 Å². The monoisotopic (exact) mass is 227 g/mol. The number of rotatable bonds is 5. The molecule has 0 aromatic rings. The van der Waals surface area contributed by atoms with Gasteiger partial charge in [-0.25, -0.2) is 0 Å². The fourth-order valence-electron chi connectivity index (χ4n) is 1.92. The fourth-order valence-corrected chi connectivity index (χ4v) is 1.92. The van der Waals surface area contributed by atoms with Gasteiger partial charge < -0.3 is 9.64 Å². The number of hydrogen-bond donors (Lipinski definition) is 0. The van der Waals surface area contributed by atoms with E-state index in [0.717, 1.165) is 6.54 Å². The highest BCUT2D eigenvalue weighted by Gasteiger charge is 2.31. The molecule has 0 N–H and O–H groups in total. The molecule has 0 radical (unpaired) electrons. The van der Waals surface area contributed by atoms with E-state index in [4.69, 9.17) is 4.74 Å². The molecule has 1 fully saturated rings. The van der Waals surface area contributed by atoms with Crippen LogP contribution in [0.4, 0.5) is 0 Å². The van der Waals surface area contributed by atoms with E-state index in [2.05, 4.69) is 13.8 Å². The summed E-state index contributed by atoms with van der Waals surface area (Å²) in [6.07, 6.45) is 0.935. The molecule has 0 aliphatic carbocycles. The van der Waals surface area contributed by atoms with Crippen LogP contribution in [0.15, 0.2) is 0 Å². The van der Waals surface area contributed by atoms with Crippen molar-refractivity contribution in [3.05, 3.63) is 0 Å². The summed E-state index contributed by atoms with van der Waals surface area (Å²) in [5.41, 5.74) is 0. The van der Waals surface area contributed by atoms with Gasteiger partial charge in [-0.05, 0) is 18.8 Å². The maximum atomic E-state index is 11.6. The largest absolute Gasteiger partial charge is 0.466 e. The molecular formula is C12H21NO3. The fraction of sp³-hybridized carbons (Fsp3) is 0.833. The van der Waals surface area contributed by atoms with E-state index >= 15 is 0 Å². The molecular weight excluding hydrogens is 206 g/mol. The Labute approximate surface area is 96.9 Å². The Morgan fingerprint density at radius 1 is 1.56 bits per heavy atom. The van der Waals surface area contributed by atoms with Gasteiger partial charge in [-0.2, -0.15) is 0 Å². The Morgan fingerprint density at radius 3 is 2.75 bits per heavy atom. The van der Waals surface area contributed by atoms with E-state index in [9.17, 15) is 9.59 Å². The van der Waals surface area contributed by atoms with Crippen LogP contribution in [0.3, 0.4) is 0 Å². The van der Waals surface area contributed by atoms with Gasteiger partial charge in [-0.3, -0.25) is 9.59 Å². The second-order valence-corrected chi connectivity index (χ2v) is 4.60. The van der Waals surface area contributed by atoms with Crippen LogP contribution in [0.25, 0.3) is 0 Å². The molecule has 0 aromatic heterocycles. The van der Waals surface area contributed by atoms with Gasteiger partial charge in [0.2, 0.25) is 5.91 Å². The van der Waals surface area contributed by atoms with E-state index in [0.29, 0.717) is 37.8 Å². The van der Waals surface area contributed by atoms with Gasteiger partial charge >= 0.3 is 5.97 Å². The summed E-state index contributed by atoms with van der Waals surface area (Å²) in [7, 11) is 0. The lowest BCUT2D eigenvalue weighted by Gasteiger charge is -2.17. The van der Waals surface area contributed by atoms with Crippen molar-refractivity contribution in [2.45, 2.75) is 33.6 Å². The molecule has 4 heteroatoms. The zero-order valence-corrected chi connectivity index (χ0v) is 10.4. The molecule has 1 atom stereocenters. The quantitative estimate of drug-likeness (QED) is 0.668. The number of nitrogens with zero attached hydrogens (tertiary/aromatic N) is 1. The maximum absolute atomic E-state index is 11.6. The van der Waals surface area contributed by atoms with E-state index in [1.165, 1.54) is 0 Å². The van der Waals surface area contributed by atoms with Crippen molar-refractivity contribution in [3.63, 3.8) is 0 Å². The first-order valence-corrected chi connectivity index (χ1v) is 5.98. The lowest BCUT2D eigenvalue weighted by molar-refractivity contribution is -0.143. The lowest BCUT2D eigenvalue weighted by atomic mass is 9.95. The number of hydrogen-bond acceptors (Lipinski definition) is 3. The highest BCUT2D eigenvalue weighted by molar-refractivity contribution is 5.79. The SMILES string of the molecule is CCOC(=O)CCN1CC(C(C)C)CC1=O. The van der Waals surface area contributed by atoms with Crippen LogP contribution in [0.2, 0.25) is 0 Å². The van der Waals surface area contributed by atoms with Crippen molar-refractivity contribution in [2.75, 3.05) is 19.7 Å². The minimum Gasteiger partial charge on any atom is -0.466 e. The van der Waals surface area contributed by atoms with Crippen molar-refractivity contribution in [3.8, 4) is 0 Å². The van der Waals surface area contributed by atoms with E-state index < -0.39 is 0 Å². The molecule has 0 bridgehead atoms. The van der Waals surface area contributed by atoms with Gasteiger partial charge in [-0.15, -0.1) is 0 Å². The summed E-state index contributed by atoms with van der Waals surface area (Å²) in [6.45, 7) is 7.74. The van der Waals surface area contributed by atoms with Crippen molar-refractivity contribution in [2.24, 2.45) is 11.8 Å². The zero-order valence-electron chi connectivity index (χ0n) is 10.4. The van der Waals surface area contributed by atoms with Crippen LogP contribution in [0.5, 0.6) is 0 Å². The Balaban J connectivity index is 2.33. The molecule has 1 amide bonds. The topological polar surface area (TPSA) is 46.6 Å². The van der Waals surface area contributed by atoms with Gasteiger partial charge in [0, 0.05) is 19.5 Å². The van der Waals surface area contributed by atoms with E-state index in [1.54, 1.807) is 11.8 Å². The summed E-state index contributed by atoms with van der Waals surface area (Å²) >= 11 is 0. The lowest BCUT2D eigenvalue weighted by Crippen LogP contribution is -2.28. The summed E-state index contributed by atoms with van der Waals surface area (Å²) < 4.78 is 4.83. The Bertz CT molecular complexity index is 263.